The number of carbonyl (C=O) groups is 1. The summed E-state index contributed by atoms with van der Waals surface area (Å²) < 4.78 is 11.4. The molecule has 1 atom stereocenters. The summed E-state index contributed by atoms with van der Waals surface area (Å²) in [5, 5.41) is 8.93. The van der Waals surface area contributed by atoms with Gasteiger partial charge < -0.3 is 14.6 Å². The average molecular weight is 303 g/mol. The number of hydrogen-bond donors (Lipinski definition) is 1. The van der Waals surface area contributed by atoms with Crippen LogP contribution in [0.15, 0.2) is 16.6 Å². The van der Waals surface area contributed by atoms with Crippen molar-refractivity contribution in [2.45, 2.75) is 26.4 Å². The van der Waals surface area contributed by atoms with Gasteiger partial charge in [0.2, 0.25) is 0 Å². The Morgan fingerprint density at radius 1 is 1.53 bits per heavy atom. The minimum Gasteiger partial charge on any atom is -0.493 e. The number of halogens is 1. The Morgan fingerprint density at radius 2 is 2.18 bits per heavy atom. The summed E-state index contributed by atoms with van der Waals surface area (Å²) in [5.41, 5.74) is 0.158. The Hall–Kier alpha value is -1.23. The minimum atomic E-state index is -1.00. The van der Waals surface area contributed by atoms with Gasteiger partial charge in [-0.05, 0) is 41.4 Å². The second kappa shape index (κ2) is 5.91. The van der Waals surface area contributed by atoms with E-state index in [1.54, 1.807) is 0 Å². The normalized spacial score (nSPS) is 12.0. The van der Waals surface area contributed by atoms with Crippen LogP contribution in [0.4, 0.5) is 0 Å². The van der Waals surface area contributed by atoms with Crippen molar-refractivity contribution < 1.29 is 19.4 Å². The van der Waals surface area contributed by atoms with Gasteiger partial charge in [-0.15, -0.1) is 0 Å². The quantitative estimate of drug-likeness (QED) is 0.906. The zero-order valence-corrected chi connectivity index (χ0v) is 11.6. The van der Waals surface area contributed by atoms with E-state index in [9.17, 15) is 4.79 Å². The Balaban J connectivity index is 3.16. The first kappa shape index (κ1) is 13.8. The maximum absolute atomic E-state index is 10.9. The van der Waals surface area contributed by atoms with Crippen molar-refractivity contribution in [2.24, 2.45) is 0 Å². The van der Waals surface area contributed by atoms with Crippen LogP contribution in [0.2, 0.25) is 0 Å². The molecule has 0 saturated carbocycles. The third-order valence-electron chi connectivity index (χ3n) is 2.37. The van der Waals surface area contributed by atoms with E-state index in [1.165, 1.54) is 19.2 Å². The summed E-state index contributed by atoms with van der Waals surface area (Å²) in [6, 6.07) is 2.95. The molecule has 0 aliphatic heterocycles. The highest BCUT2D eigenvalue weighted by atomic mass is 79.9. The SMILES string of the molecule is CCC(C)Oc1c(Br)cc(C(=O)O)cc1OC. The molecule has 0 radical (unpaired) electrons. The largest absolute Gasteiger partial charge is 0.493 e. The highest BCUT2D eigenvalue weighted by Crippen LogP contribution is 2.37. The van der Waals surface area contributed by atoms with Crippen LogP contribution in [0.1, 0.15) is 30.6 Å². The van der Waals surface area contributed by atoms with E-state index in [2.05, 4.69) is 15.9 Å². The van der Waals surface area contributed by atoms with Gasteiger partial charge in [-0.25, -0.2) is 4.79 Å². The minimum absolute atomic E-state index is 0.0379. The van der Waals surface area contributed by atoms with E-state index in [4.69, 9.17) is 14.6 Å². The highest BCUT2D eigenvalue weighted by molar-refractivity contribution is 9.10. The summed E-state index contributed by atoms with van der Waals surface area (Å²) in [6.45, 7) is 3.95. The number of aromatic carboxylic acids is 1. The second-order valence-electron chi connectivity index (χ2n) is 3.63. The van der Waals surface area contributed by atoms with Crippen molar-refractivity contribution in [1.29, 1.82) is 0 Å². The molecule has 0 aromatic heterocycles. The van der Waals surface area contributed by atoms with Crippen LogP contribution in [0.25, 0.3) is 0 Å². The molecule has 0 fully saturated rings. The molecule has 1 N–H and O–H groups in total. The number of methoxy groups -OCH3 is 1. The van der Waals surface area contributed by atoms with Gasteiger partial charge in [0, 0.05) is 0 Å². The first-order chi connectivity index (χ1) is 7.99. The molecule has 0 aliphatic carbocycles. The average Bonchev–Trinajstić information content (AvgIpc) is 2.30. The molecular formula is C12H15BrO4. The van der Waals surface area contributed by atoms with Crippen molar-refractivity contribution >= 4 is 21.9 Å². The third-order valence-corrected chi connectivity index (χ3v) is 2.96. The smallest absolute Gasteiger partial charge is 0.335 e. The predicted molar refractivity (Wildman–Crippen MR) is 68.0 cm³/mol. The van der Waals surface area contributed by atoms with Gasteiger partial charge >= 0.3 is 5.97 Å². The van der Waals surface area contributed by atoms with E-state index in [-0.39, 0.29) is 11.7 Å². The summed E-state index contributed by atoms with van der Waals surface area (Å²) >= 11 is 3.30. The fraction of sp³-hybridized carbons (Fsp3) is 0.417. The van der Waals surface area contributed by atoms with Gasteiger partial charge in [0.1, 0.15) is 0 Å². The highest BCUT2D eigenvalue weighted by Gasteiger charge is 2.16. The van der Waals surface area contributed by atoms with Crippen LogP contribution in [0, 0.1) is 0 Å². The van der Waals surface area contributed by atoms with Crippen molar-refractivity contribution in [3.63, 3.8) is 0 Å². The fourth-order valence-corrected chi connectivity index (χ4v) is 1.78. The summed E-state index contributed by atoms with van der Waals surface area (Å²) in [5.74, 6) is -0.0528. The first-order valence-corrected chi connectivity index (χ1v) is 6.06. The van der Waals surface area contributed by atoms with E-state index in [0.717, 1.165) is 6.42 Å². The summed E-state index contributed by atoms with van der Waals surface area (Å²) in [6.07, 6.45) is 0.895. The van der Waals surface area contributed by atoms with Crippen molar-refractivity contribution in [1.82, 2.24) is 0 Å². The standard InChI is InChI=1S/C12H15BrO4/c1-4-7(2)17-11-9(13)5-8(12(14)15)6-10(11)16-3/h5-7H,4H2,1-3H3,(H,14,15). The second-order valence-corrected chi connectivity index (χ2v) is 4.49. The molecule has 1 aromatic carbocycles. The van der Waals surface area contributed by atoms with E-state index in [1.807, 2.05) is 13.8 Å². The Bertz CT molecular complexity index is 417. The van der Waals surface area contributed by atoms with E-state index < -0.39 is 5.97 Å². The summed E-state index contributed by atoms with van der Waals surface area (Å²) in [7, 11) is 1.48. The molecule has 17 heavy (non-hydrogen) atoms. The van der Waals surface area contributed by atoms with Crippen LogP contribution >= 0.6 is 15.9 Å². The zero-order valence-electron chi connectivity index (χ0n) is 9.99. The van der Waals surface area contributed by atoms with Gasteiger partial charge in [-0.2, -0.15) is 0 Å². The molecule has 0 heterocycles. The van der Waals surface area contributed by atoms with Crippen molar-refractivity contribution in [3.8, 4) is 11.5 Å². The molecule has 4 nitrogen and oxygen atoms in total. The van der Waals surface area contributed by atoms with Gasteiger partial charge in [0.15, 0.2) is 11.5 Å². The van der Waals surface area contributed by atoms with E-state index >= 15 is 0 Å². The molecular weight excluding hydrogens is 288 g/mol. The molecule has 0 amide bonds. The lowest BCUT2D eigenvalue weighted by atomic mass is 10.2. The van der Waals surface area contributed by atoms with Gasteiger partial charge in [-0.1, -0.05) is 6.92 Å². The Kier molecular flexibility index (Phi) is 4.81. The van der Waals surface area contributed by atoms with Crippen LogP contribution in [0.5, 0.6) is 11.5 Å². The molecule has 1 rings (SSSR count). The number of carboxylic acids is 1. The fourth-order valence-electron chi connectivity index (χ4n) is 1.24. The lowest BCUT2D eigenvalue weighted by Gasteiger charge is -2.17. The van der Waals surface area contributed by atoms with Crippen molar-refractivity contribution in [3.05, 3.63) is 22.2 Å². The monoisotopic (exact) mass is 302 g/mol. The lowest BCUT2D eigenvalue weighted by molar-refractivity contribution is 0.0696. The predicted octanol–water partition coefficient (Wildman–Crippen LogP) is 3.33. The summed E-state index contributed by atoms with van der Waals surface area (Å²) in [4.78, 5) is 10.9. The maximum Gasteiger partial charge on any atom is 0.335 e. The van der Waals surface area contributed by atoms with Gasteiger partial charge in [0.05, 0.1) is 23.2 Å². The Labute approximate surface area is 109 Å². The van der Waals surface area contributed by atoms with Crippen LogP contribution < -0.4 is 9.47 Å². The van der Waals surface area contributed by atoms with Crippen molar-refractivity contribution in [2.75, 3.05) is 7.11 Å². The zero-order chi connectivity index (χ0) is 13.0. The Morgan fingerprint density at radius 3 is 2.65 bits per heavy atom. The first-order valence-electron chi connectivity index (χ1n) is 5.27. The topological polar surface area (TPSA) is 55.8 Å². The molecule has 0 saturated heterocycles. The number of benzene rings is 1. The van der Waals surface area contributed by atoms with Crippen LogP contribution in [-0.4, -0.2) is 24.3 Å². The van der Waals surface area contributed by atoms with Crippen LogP contribution in [0.3, 0.4) is 0 Å². The number of carboxylic acid groups (broad SMARTS) is 1. The van der Waals surface area contributed by atoms with E-state index in [0.29, 0.717) is 16.0 Å². The molecule has 0 bridgehead atoms. The van der Waals surface area contributed by atoms with Gasteiger partial charge in [0.25, 0.3) is 0 Å². The molecule has 94 valence electrons. The molecule has 0 spiro atoms. The molecule has 5 heteroatoms. The lowest BCUT2D eigenvalue weighted by Crippen LogP contribution is -2.11. The molecule has 0 aliphatic rings. The molecule has 1 unspecified atom stereocenters. The number of hydrogen-bond acceptors (Lipinski definition) is 3. The van der Waals surface area contributed by atoms with Crippen LogP contribution in [-0.2, 0) is 0 Å². The maximum atomic E-state index is 10.9. The molecule has 1 aromatic rings. The number of rotatable bonds is 5. The number of ether oxygens (including phenoxy) is 2. The van der Waals surface area contributed by atoms with Gasteiger partial charge in [-0.3, -0.25) is 0 Å². The third kappa shape index (κ3) is 3.36.